The Morgan fingerprint density at radius 2 is 1.91 bits per heavy atom. The standard InChI is InChI=1S/C9H21NS/c1-8(11-5)6-10-7-9(2,3)4/h8,10H,6-7H2,1-5H3. The van der Waals surface area contributed by atoms with Gasteiger partial charge in [-0.05, 0) is 11.7 Å². The normalized spacial score (nSPS) is 15.0. The van der Waals surface area contributed by atoms with E-state index in [2.05, 4.69) is 39.3 Å². The summed E-state index contributed by atoms with van der Waals surface area (Å²) in [6, 6.07) is 0. The first-order valence-electron chi connectivity index (χ1n) is 4.19. The second kappa shape index (κ2) is 5.04. The minimum Gasteiger partial charge on any atom is -0.315 e. The third kappa shape index (κ3) is 8.21. The summed E-state index contributed by atoms with van der Waals surface area (Å²) in [5, 5.41) is 4.19. The van der Waals surface area contributed by atoms with Gasteiger partial charge in [0.15, 0.2) is 0 Å². The first kappa shape index (κ1) is 11.3. The second-order valence-electron chi connectivity index (χ2n) is 4.24. The van der Waals surface area contributed by atoms with Crippen LogP contribution in [0, 0.1) is 5.41 Å². The van der Waals surface area contributed by atoms with Crippen LogP contribution in [-0.4, -0.2) is 24.6 Å². The van der Waals surface area contributed by atoms with Gasteiger partial charge in [-0.2, -0.15) is 11.8 Å². The van der Waals surface area contributed by atoms with E-state index in [0.29, 0.717) is 5.41 Å². The highest BCUT2D eigenvalue weighted by Gasteiger charge is 2.09. The maximum Gasteiger partial charge on any atom is 0.0141 e. The van der Waals surface area contributed by atoms with Crippen molar-refractivity contribution >= 4 is 11.8 Å². The van der Waals surface area contributed by atoms with Gasteiger partial charge in [-0.15, -0.1) is 0 Å². The van der Waals surface area contributed by atoms with E-state index in [1.807, 2.05) is 11.8 Å². The van der Waals surface area contributed by atoms with Crippen molar-refractivity contribution in [2.24, 2.45) is 5.41 Å². The molecule has 0 aliphatic carbocycles. The molecule has 11 heavy (non-hydrogen) atoms. The summed E-state index contributed by atoms with van der Waals surface area (Å²) in [4.78, 5) is 0. The van der Waals surface area contributed by atoms with E-state index < -0.39 is 0 Å². The average Bonchev–Trinajstić information content (AvgIpc) is 1.85. The first-order valence-corrected chi connectivity index (χ1v) is 5.48. The molecule has 68 valence electrons. The highest BCUT2D eigenvalue weighted by atomic mass is 32.2. The van der Waals surface area contributed by atoms with Crippen molar-refractivity contribution in [3.8, 4) is 0 Å². The van der Waals surface area contributed by atoms with Crippen LogP contribution in [0.4, 0.5) is 0 Å². The summed E-state index contributed by atoms with van der Waals surface area (Å²) in [6.07, 6.45) is 2.16. The SMILES string of the molecule is CSC(C)CNCC(C)(C)C. The molecule has 2 heteroatoms. The zero-order chi connectivity index (χ0) is 8.91. The van der Waals surface area contributed by atoms with Crippen molar-refractivity contribution < 1.29 is 0 Å². The quantitative estimate of drug-likeness (QED) is 0.704. The molecular weight excluding hydrogens is 154 g/mol. The van der Waals surface area contributed by atoms with Gasteiger partial charge in [0, 0.05) is 18.3 Å². The van der Waals surface area contributed by atoms with Crippen molar-refractivity contribution in [2.45, 2.75) is 32.9 Å². The molecule has 0 amide bonds. The maximum atomic E-state index is 3.46. The Morgan fingerprint density at radius 3 is 2.27 bits per heavy atom. The van der Waals surface area contributed by atoms with Gasteiger partial charge in [-0.3, -0.25) is 0 Å². The minimum atomic E-state index is 0.415. The lowest BCUT2D eigenvalue weighted by Crippen LogP contribution is -2.31. The summed E-state index contributed by atoms with van der Waals surface area (Å²) in [5.41, 5.74) is 0.415. The molecule has 0 aromatic carbocycles. The molecule has 1 nitrogen and oxygen atoms in total. The molecule has 0 aliphatic heterocycles. The molecule has 0 radical (unpaired) electrons. The van der Waals surface area contributed by atoms with Crippen LogP contribution in [0.1, 0.15) is 27.7 Å². The molecule has 1 atom stereocenters. The monoisotopic (exact) mass is 175 g/mol. The Balaban J connectivity index is 3.28. The maximum absolute atomic E-state index is 3.46. The summed E-state index contributed by atoms with van der Waals surface area (Å²) < 4.78 is 0. The lowest BCUT2D eigenvalue weighted by molar-refractivity contribution is 0.382. The molecule has 0 aliphatic rings. The molecule has 0 rings (SSSR count). The lowest BCUT2D eigenvalue weighted by atomic mass is 9.97. The van der Waals surface area contributed by atoms with Crippen LogP contribution in [0.3, 0.4) is 0 Å². The Bertz CT molecular complexity index is 96.2. The number of nitrogens with one attached hydrogen (secondary N) is 1. The van der Waals surface area contributed by atoms with E-state index in [9.17, 15) is 0 Å². The van der Waals surface area contributed by atoms with Crippen LogP contribution < -0.4 is 5.32 Å². The summed E-state index contributed by atoms with van der Waals surface area (Å²) in [6.45, 7) is 11.2. The van der Waals surface area contributed by atoms with Gasteiger partial charge in [0.1, 0.15) is 0 Å². The third-order valence-corrected chi connectivity index (χ3v) is 2.46. The molecular formula is C9H21NS. The molecule has 0 heterocycles. The van der Waals surface area contributed by atoms with E-state index in [-0.39, 0.29) is 0 Å². The van der Waals surface area contributed by atoms with Gasteiger partial charge in [0.05, 0.1) is 0 Å². The largest absolute Gasteiger partial charge is 0.315 e. The van der Waals surface area contributed by atoms with E-state index in [4.69, 9.17) is 0 Å². The van der Waals surface area contributed by atoms with Gasteiger partial charge >= 0.3 is 0 Å². The van der Waals surface area contributed by atoms with Crippen molar-refractivity contribution in [2.75, 3.05) is 19.3 Å². The van der Waals surface area contributed by atoms with Crippen molar-refractivity contribution in [1.29, 1.82) is 0 Å². The van der Waals surface area contributed by atoms with Crippen LogP contribution >= 0.6 is 11.8 Å². The number of hydrogen-bond donors (Lipinski definition) is 1. The molecule has 1 unspecified atom stereocenters. The average molecular weight is 175 g/mol. The molecule has 0 saturated carbocycles. The van der Waals surface area contributed by atoms with Crippen LogP contribution in [-0.2, 0) is 0 Å². The highest BCUT2D eigenvalue weighted by molar-refractivity contribution is 7.99. The molecule has 0 saturated heterocycles. The molecule has 0 aromatic rings. The topological polar surface area (TPSA) is 12.0 Å². The van der Waals surface area contributed by atoms with Crippen LogP contribution in [0.25, 0.3) is 0 Å². The molecule has 0 fully saturated rings. The lowest BCUT2D eigenvalue weighted by Gasteiger charge is -2.20. The molecule has 1 N–H and O–H groups in total. The zero-order valence-corrected chi connectivity index (χ0v) is 9.22. The summed E-state index contributed by atoms with van der Waals surface area (Å²) in [7, 11) is 0. The van der Waals surface area contributed by atoms with E-state index in [0.717, 1.165) is 18.3 Å². The predicted octanol–water partition coefficient (Wildman–Crippen LogP) is 2.37. The minimum absolute atomic E-state index is 0.415. The Hall–Kier alpha value is 0.310. The van der Waals surface area contributed by atoms with Gasteiger partial charge in [-0.25, -0.2) is 0 Å². The summed E-state index contributed by atoms with van der Waals surface area (Å²) in [5.74, 6) is 0. The Morgan fingerprint density at radius 1 is 1.36 bits per heavy atom. The first-order chi connectivity index (χ1) is 4.95. The molecule has 0 bridgehead atoms. The Kier molecular flexibility index (Phi) is 5.19. The zero-order valence-electron chi connectivity index (χ0n) is 8.40. The van der Waals surface area contributed by atoms with Gasteiger partial charge < -0.3 is 5.32 Å². The van der Waals surface area contributed by atoms with Crippen LogP contribution in [0.5, 0.6) is 0 Å². The van der Waals surface area contributed by atoms with Crippen molar-refractivity contribution in [1.82, 2.24) is 5.32 Å². The third-order valence-electron chi connectivity index (χ3n) is 1.49. The Labute approximate surface area is 75.3 Å². The smallest absolute Gasteiger partial charge is 0.0141 e. The number of rotatable bonds is 4. The van der Waals surface area contributed by atoms with Crippen molar-refractivity contribution in [3.63, 3.8) is 0 Å². The fourth-order valence-corrected chi connectivity index (χ4v) is 1.02. The van der Waals surface area contributed by atoms with Gasteiger partial charge in [0.2, 0.25) is 0 Å². The van der Waals surface area contributed by atoms with Crippen molar-refractivity contribution in [3.05, 3.63) is 0 Å². The summed E-state index contributed by atoms with van der Waals surface area (Å²) >= 11 is 1.91. The van der Waals surface area contributed by atoms with Gasteiger partial charge in [-0.1, -0.05) is 27.7 Å². The number of thioether (sulfide) groups is 1. The predicted molar refractivity (Wildman–Crippen MR) is 55.3 cm³/mol. The van der Waals surface area contributed by atoms with E-state index >= 15 is 0 Å². The van der Waals surface area contributed by atoms with Gasteiger partial charge in [0.25, 0.3) is 0 Å². The fraction of sp³-hybridized carbons (Fsp3) is 1.00. The molecule has 0 aromatic heterocycles. The fourth-order valence-electron chi connectivity index (χ4n) is 0.734. The highest BCUT2D eigenvalue weighted by Crippen LogP contribution is 2.11. The van der Waals surface area contributed by atoms with E-state index in [1.54, 1.807) is 0 Å². The number of hydrogen-bond acceptors (Lipinski definition) is 2. The van der Waals surface area contributed by atoms with Crippen LogP contribution in [0.15, 0.2) is 0 Å². The second-order valence-corrected chi connectivity index (χ2v) is 5.51. The molecule has 0 spiro atoms. The van der Waals surface area contributed by atoms with Crippen LogP contribution in [0.2, 0.25) is 0 Å². The van der Waals surface area contributed by atoms with E-state index in [1.165, 1.54) is 0 Å².